The van der Waals surface area contributed by atoms with Crippen LogP contribution in [-0.2, 0) is 14.4 Å². The van der Waals surface area contributed by atoms with E-state index in [9.17, 15) is 14.4 Å². The Bertz CT molecular complexity index is 298. The van der Waals surface area contributed by atoms with Crippen molar-refractivity contribution in [1.29, 1.82) is 0 Å². The molecule has 0 aliphatic rings. The molecule has 0 heterocycles. The molecule has 1 atom stereocenters. The third kappa shape index (κ3) is 9.22. The molecule has 5 nitrogen and oxygen atoms in total. The molecule has 0 aromatic heterocycles. The number of carbonyl (C=O) groups excluding carboxylic acids is 1. The van der Waals surface area contributed by atoms with Gasteiger partial charge in [-0.2, -0.15) is 0 Å². The first-order chi connectivity index (χ1) is 8.99. The average molecular weight is 272 g/mol. The van der Waals surface area contributed by atoms with Crippen LogP contribution in [0, 0.1) is 5.92 Å². The van der Waals surface area contributed by atoms with Crippen LogP contribution in [0.15, 0.2) is 0 Å². The molecule has 0 bridgehead atoms. The lowest BCUT2D eigenvalue weighted by Gasteiger charge is -2.08. The molecule has 2 N–H and O–H groups in total. The highest BCUT2D eigenvalue weighted by Crippen LogP contribution is 2.13. The Morgan fingerprint density at radius 2 is 1.42 bits per heavy atom. The number of hydrogen-bond donors (Lipinski definition) is 2. The molecule has 0 rings (SSSR count). The molecule has 0 aromatic carbocycles. The maximum Gasteiger partial charge on any atom is 0.314 e. The molecule has 110 valence electrons. The Kier molecular flexibility index (Phi) is 9.75. The lowest BCUT2D eigenvalue weighted by molar-refractivity contribution is -0.152. The molecule has 0 saturated carbocycles. The molecule has 0 saturated heterocycles. The van der Waals surface area contributed by atoms with Gasteiger partial charge in [-0.15, -0.1) is 0 Å². The van der Waals surface area contributed by atoms with Crippen molar-refractivity contribution in [2.24, 2.45) is 5.92 Å². The summed E-state index contributed by atoms with van der Waals surface area (Å²) < 4.78 is 0. The molecule has 0 aliphatic heterocycles. The van der Waals surface area contributed by atoms with Crippen molar-refractivity contribution in [2.45, 2.75) is 64.7 Å². The van der Waals surface area contributed by atoms with E-state index in [2.05, 4.69) is 6.92 Å². The van der Waals surface area contributed by atoms with Crippen molar-refractivity contribution in [2.75, 3.05) is 0 Å². The number of aliphatic carboxylic acids is 2. The third-order valence-electron chi connectivity index (χ3n) is 3.09. The van der Waals surface area contributed by atoms with Gasteiger partial charge in [0.2, 0.25) is 0 Å². The van der Waals surface area contributed by atoms with Gasteiger partial charge in [0.15, 0.2) is 0 Å². The predicted octanol–water partition coefficient (Wildman–Crippen LogP) is 2.87. The van der Waals surface area contributed by atoms with Crippen LogP contribution in [0.2, 0.25) is 0 Å². The van der Waals surface area contributed by atoms with Gasteiger partial charge in [0.1, 0.15) is 11.7 Å². The van der Waals surface area contributed by atoms with Gasteiger partial charge < -0.3 is 10.2 Å². The molecule has 0 radical (unpaired) electrons. The Morgan fingerprint density at radius 3 is 1.89 bits per heavy atom. The maximum absolute atomic E-state index is 11.6. The highest BCUT2D eigenvalue weighted by Gasteiger charge is 2.27. The van der Waals surface area contributed by atoms with Crippen LogP contribution in [0.3, 0.4) is 0 Å². The third-order valence-corrected chi connectivity index (χ3v) is 3.09. The zero-order chi connectivity index (χ0) is 14.7. The van der Waals surface area contributed by atoms with Crippen molar-refractivity contribution >= 4 is 17.7 Å². The average Bonchev–Trinajstić information content (AvgIpc) is 2.34. The van der Waals surface area contributed by atoms with Gasteiger partial charge in [-0.3, -0.25) is 14.4 Å². The summed E-state index contributed by atoms with van der Waals surface area (Å²) in [5.74, 6) is -4.45. The van der Waals surface area contributed by atoms with Crippen LogP contribution in [0.1, 0.15) is 64.7 Å². The Hall–Kier alpha value is -1.39. The molecule has 1 unspecified atom stereocenters. The number of unbranched alkanes of at least 4 members (excludes halogenated alkanes) is 6. The molecular formula is C14H24O5. The maximum atomic E-state index is 11.6. The van der Waals surface area contributed by atoms with Gasteiger partial charge in [0, 0.05) is 6.42 Å². The largest absolute Gasteiger partial charge is 0.481 e. The first-order valence-corrected chi connectivity index (χ1v) is 6.96. The summed E-state index contributed by atoms with van der Waals surface area (Å²) in [5.41, 5.74) is 0. The fraction of sp³-hybridized carbons (Fsp3) is 0.786. The van der Waals surface area contributed by atoms with Crippen molar-refractivity contribution in [3.63, 3.8) is 0 Å². The fourth-order valence-corrected chi connectivity index (χ4v) is 1.94. The van der Waals surface area contributed by atoms with E-state index in [1.807, 2.05) is 0 Å². The minimum Gasteiger partial charge on any atom is -0.481 e. The lowest BCUT2D eigenvalue weighted by atomic mass is 9.95. The zero-order valence-electron chi connectivity index (χ0n) is 11.6. The Balaban J connectivity index is 3.81. The number of carbonyl (C=O) groups is 3. The van der Waals surface area contributed by atoms with E-state index in [1.165, 1.54) is 19.3 Å². The standard InChI is InChI=1S/C14H24O5/c1-2-3-4-5-6-7-8-9-12(15)11(14(18)19)10-13(16)17/h11H,2-10H2,1H3,(H,16,17)(H,18,19). The molecule has 5 heteroatoms. The molecule has 0 spiro atoms. The van der Waals surface area contributed by atoms with E-state index in [0.29, 0.717) is 6.42 Å². The van der Waals surface area contributed by atoms with Crippen LogP contribution < -0.4 is 0 Å². The Morgan fingerprint density at radius 1 is 0.895 bits per heavy atom. The summed E-state index contributed by atoms with van der Waals surface area (Å²) in [6.45, 7) is 2.15. The van der Waals surface area contributed by atoms with E-state index in [-0.39, 0.29) is 6.42 Å². The number of ketones is 1. The second kappa shape index (κ2) is 10.5. The number of carboxylic acid groups (broad SMARTS) is 2. The molecular weight excluding hydrogens is 248 g/mol. The van der Waals surface area contributed by atoms with Gasteiger partial charge in [0.25, 0.3) is 0 Å². The van der Waals surface area contributed by atoms with Crippen LogP contribution in [0.4, 0.5) is 0 Å². The van der Waals surface area contributed by atoms with Crippen molar-refractivity contribution in [3.05, 3.63) is 0 Å². The predicted molar refractivity (Wildman–Crippen MR) is 71.0 cm³/mol. The number of carboxylic acids is 2. The van der Waals surface area contributed by atoms with Crippen molar-refractivity contribution in [1.82, 2.24) is 0 Å². The summed E-state index contributed by atoms with van der Waals surface area (Å²) >= 11 is 0. The van der Waals surface area contributed by atoms with Gasteiger partial charge in [0.05, 0.1) is 6.42 Å². The second-order valence-electron chi connectivity index (χ2n) is 4.83. The highest BCUT2D eigenvalue weighted by atomic mass is 16.4. The van der Waals surface area contributed by atoms with Crippen LogP contribution in [0.25, 0.3) is 0 Å². The number of rotatable bonds is 12. The van der Waals surface area contributed by atoms with Gasteiger partial charge in [-0.1, -0.05) is 45.4 Å². The topological polar surface area (TPSA) is 91.7 Å². The van der Waals surface area contributed by atoms with E-state index in [0.717, 1.165) is 19.3 Å². The Labute approximate surface area is 114 Å². The van der Waals surface area contributed by atoms with E-state index < -0.39 is 30.1 Å². The van der Waals surface area contributed by atoms with Crippen LogP contribution in [-0.4, -0.2) is 27.9 Å². The van der Waals surface area contributed by atoms with Crippen molar-refractivity contribution < 1.29 is 24.6 Å². The first-order valence-electron chi connectivity index (χ1n) is 6.96. The molecule has 0 fully saturated rings. The zero-order valence-corrected chi connectivity index (χ0v) is 11.6. The highest BCUT2D eigenvalue weighted by molar-refractivity contribution is 6.00. The van der Waals surface area contributed by atoms with Gasteiger partial charge in [-0.05, 0) is 6.42 Å². The van der Waals surface area contributed by atoms with Crippen molar-refractivity contribution in [3.8, 4) is 0 Å². The minimum atomic E-state index is -1.39. The van der Waals surface area contributed by atoms with Crippen LogP contribution >= 0.6 is 0 Å². The second-order valence-corrected chi connectivity index (χ2v) is 4.83. The lowest BCUT2D eigenvalue weighted by Crippen LogP contribution is -2.26. The van der Waals surface area contributed by atoms with Gasteiger partial charge >= 0.3 is 11.9 Å². The first kappa shape index (κ1) is 17.6. The van der Waals surface area contributed by atoms with E-state index in [4.69, 9.17) is 10.2 Å². The number of hydrogen-bond acceptors (Lipinski definition) is 3. The molecule has 19 heavy (non-hydrogen) atoms. The SMILES string of the molecule is CCCCCCCCCC(=O)C(CC(=O)O)C(=O)O. The summed E-state index contributed by atoms with van der Waals surface area (Å²) in [7, 11) is 0. The quantitative estimate of drug-likeness (QED) is 0.421. The van der Waals surface area contributed by atoms with Crippen LogP contribution in [0.5, 0.6) is 0 Å². The van der Waals surface area contributed by atoms with E-state index in [1.54, 1.807) is 0 Å². The minimum absolute atomic E-state index is 0.165. The summed E-state index contributed by atoms with van der Waals surface area (Å²) in [5, 5.41) is 17.4. The summed E-state index contributed by atoms with van der Waals surface area (Å²) in [4.78, 5) is 32.9. The summed E-state index contributed by atoms with van der Waals surface area (Å²) in [6.07, 6.45) is 6.88. The smallest absolute Gasteiger partial charge is 0.314 e. The normalized spacial score (nSPS) is 12.1. The number of Topliss-reactive ketones (excluding diaryl/α,β-unsaturated/α-hetero) is 1. The fourth-order valence-electron chi connectivity index (χ4n) is 1.94. The van der Waals surface area contributed by atoms with E-state index >= 15 is 0 Å². The summed E-state index contributed by atoms with van der Waals surface area (Å²) in [6, 6.07) is 0. The molecule has 0 amide bonds. The molecule has 0 aromatic rings. The molecule has 0 aliphatic carbocycles. The van der Waals surface area contributed by atoms with Gasteiger partial charge in [-0.25, -0.2) is 0 Å². The monoisotopic (exact) mass is 272 g/mol.